The second kappa shape index (κ2) is 7.42. The second-order valence-electron chi connectivity index (χ2n) is 7.10. The van der Waals surface area contributed by atoms with Gasteiger partial charge in [-0.05, 0) is 57.4 Å². The van der Waals surface area contributed by atoms with Crippen molar-refractivity contribution in [3.8, 4) is 0 Å². The first-order valence-corrected chi connectivity index (χ1v) is 9.09. The van der Waals surface area contributed by atoms with Gasteiger partial charge in [-0.15, -0.1) is 0 Å². The Hall–Kier alpha value is -2.11. The Morgan fingerprint density at radius 3 is 2.04 bits per heavy atom. The number of hydrogen-bond acceptors (Lipinski definition) is 3. The van der Waals surface area contributed by atoms with Gasteiger partial charge >= 0.3 is 11.8 Å². The van der Waals surface area contributed by atoms with Crippen molar-refractivity contribution in [1.82, 2.24) is 9.80 Å². The van der Waals surface area contributed by atoms with Crippen LogP contribution in [0, 0.1) is 5.82 Å². The van der Waals surface area contributed by atoms with Gasteiger partial charge in [0.2, 0.25) is 0 Å². The standard InChI is InChI=1S/C19H26FN3O2/c1-14-4-3-5-15(2)23(14)19(25)18(24)22-12-10-21(11-13-22)17-8-6-16(20)7-9-17/h6-9,14-15H,3-5,10-13H2,1-2H3. The van der Waals surface area contributed by atoms with E-state index in [9.17, 15) is 14.0 Å². The van der Waals surface area contributed by atoms with Crippen LogP contribution in [-0.2, 0) is 9.59 Å². The van der Waals surface area contributed by atoms with E-state index in [4.69, 9.17) is 0 Å². The van der Waals surface area contributed by atoms with E-state index in [-0.39, 0.29) is 29.7 Å². The summed E-state index contributed by atoms with van der Waals surface area (Å²) < 4.78 is 13.0. The predicted octanol–water partition coefficient (Wildman–Crippen LogP) is 2.26. The van der Waals surface area contributed by atoms with Crippen LogP contribution >= 0.6 is 0 Å². The monoisotopic (exact) mass is 347 g/mol. The summed E-state index contributed by atoms with van der Waals surface area (Å²) in [5.74, 6) is -1.01. The van der Waals surface area contributed by atoms with Crippen molar-refractivity contribution in [3.05, 3.63) is 30.1 Å². The largest absolute Gasteiger partial charge is 0.368 e. The van der Waals surface area contributed by atoms with Gasteiger partial charge in [-0.3, -0.25) is 9.59 Å². The zero-order valence-electron chi connectivity index (χ0n) is 14.9. The molecule has 1 aromatic rings. The van der Waals surface area contributed by atoms with Crippen LogP contribution in [0.5, 0.6) is 0 Å². The molecule has 0 spiro atoms. The van der Waals surface area contributed by atoms with Crippen molar-refractivity contribution in [2.24, 2.45) is 0 Å². The average molecular weight is 347 g/mol. The molecule has 2 amide bonds. The van der Waals surface area contributed by atoms with E-state index in [1.165, 1.54) is 12.1 Å². The number of piperazine rings is 1. The smallest absolute Gasteiger partial charge is 0.312 e. The summed E-state index contributed by atoms with van der Waals surface area (Å²) in [6.07, 6.45) is 3.03. The first-order valence-electron chi connectivity index (χ1n) is 9.09. The van der Waals surface area contributed by atoms with Gasteiger partial charge in [0.1, 0.15) is 5.82 Å². The molecule has 0 aromatic heterocycles. The molecule has 136 valence electrons. The Morgan fingerprint density at radius 1 is 0.920 bits per heavy atom. The fourth-order valence-corrected chi connectivity index (χ4v) is 3.89. The molecule has 0 saturated carbocycles. The van der Waals surface area contributed by atoms with E-state index < -0.39 is 0 Å². The van der Waals surface area contributed by atoms with Crippen molar-refractivity contribution in [3.63, 3.8) is 0 Å². The molecule has 6 heteroatoms. The minimum atomic E-state index is -0.389. The molecule has 3 rings (SSSR count). The molecular weight excluding hydrogens is 321 g/mol. The Kier molecular flexibility index (Phi) is 5.25. The highest BCUT2D eigenvalue weighted by molar-refractivity contribution is 6.35. The number of halogens is 1. The molecule has 0 aliphatic carbocycles. The number of nitrogens with zero attached hydrogens (tertiary/aromatic N) is 3. The Balaban J connectivity index is 1.59. The molecular formula is C19H26FN3O2. The van der Waals surface area contributed by atoms with Crippen LogP contribution in [0.25, 0.3) is 0 Å². The average Bonchev–Trinajstić information content (AvgIpc) is 2.61. The highest BCUT2D eigenvalue weighted by atomic mass is 19.1. The Bertz CT molecular complexity index is 616. The second-order valence-corrected chi connectivity index (χ2v) is 7.10. The molecule has 2 atom stereocenters. The van der Waals surface area contributed by atoms with E-state index in [0.717, 1.165) is 24.9 Å². The number of anilines is 1. The predicted molar refractivity (Wildman–Crippen MR) is 94.8 cm³/mol. The lowest BCUT2D eigenvalue weighted by Crippen LogP contribution is -2.57. The van der Waals surface area contributed by atoms with Gasteiger partial charge < -0.3 is 14.7 Å². The van der Waals surface area contributed by atoms with Crippen molar-refractivity contribution in [2.45, 2.75) is 45.2 Å². The first-order chi connectivity index (χ1) is 12.0. The fourth-order valence-electron chi connectivity index (χ4n) is 3.89. The molecule has 1 aromatic carbocycles. The SMILES string of the molecule is CC1CCCC(C)N1C(=O)C(=O)N1CCN(c2ccc(F)cc2)CC1. The number of piperidine rings is 1. The van der Waals surface area contributed by atoms with Gasteiger partial charge in [-0.25, -0.2) is 4.39 Å². The maximum atomic E-state index is 13.0. The normalized spacial score (nSPS) is 24.4. The zero-order chi connectivity index (χ0) is 18.0. The van der Waals surface area contributed by atoms with Crippen LogP contribution in [0.2, 0.25) is 0 Å². The van der Waals surface area contributed by atoms with Gasteiger partial charge in [0, 0.05) is 44.0 Å². The number of hydrogen-bond donors (Lipinski definition) is 0. The quantitative estimate of drug-likeness (QED) is 0.732. The number of benzene rings is 1. The van der Waals surface area contributed by atoms with Gasteiger partial charge in [-0.2, -0.15) is 0 Å². The minimum absolute atomic E-state index is 0.126. The summed E-state index contributed by atoms with van der Waals surface area (Å²) in [5.41, 5.74) is 0.943. The van der Waals surface area contributed by atoms with E-state index in [2.05, 4.69) is 4.90 Å². The molecule has 2 unspecified atom stereocenters. The summed E-state index contributed by atoms with van der Waals surface area (Å²) in [4.78, 5) is 30.9. The summed E-state index contributed by atoms with van der Waals surface area (Å²) in [6.45, 7) is 6.36. The van der Waals surface area contributed by atoms with E-state index in [1.54, 1.807) is 21.9 Å². The van der Waals surface area contributed by atoms with Crippen LogP contribution in [0.4, 0.5) is 10.1 Å². The van der Waals surface area contributed by atoms with Crippen LogP contribution in [0.1, 0.15) is 33.1 Å². The van der Waals surface area contributed by atoms with Crippen molar-refractivity contribution >= 4 is 17.5 Å². The zero-order valence-corrected chi connectivity index (χ0v) is 14.9. The van der Waals surface area contributed by atoms with Gasteiger partial charge in [0.25, 0.3) is 0 Å². The van der Waals surface area contributed by atoms with Crippen molar-refractivity contribution in [1.29, 1.82) is 0 Å². The maximum Gasteiger partial charge on any atom is 0.312 e. The highest BCUT2D eigenvalue weighted by Gasteiger charge is 2.35. The maximum absolute atomic E-state index is 13.0. The van der Waals surface area contributed by atoms with E-state index in [1.807, 2.05) is 13.8 Å². The van der Waals surface area contributed by atoms with Crippen LogP contribution in [-0.4, -0.2) is 59.9 Å². The molecule has 2 saturated heterocycles. The van der Waals surface area contributed by atoms with Gasteiger partial charge in [-0.1, -0.05) is 0 Å². The van der Waals surface area contributed by atoms with Gasteiger partial charge in [0.05, 0.1) is 0 Å². The molecule has 0 radical (unpaired) electrons. The van der Waals surface area contributed by atoms with Crippen LogP contribution in [0.15, 0.2) is 24.3 Å². The molecule has 2 aliphatic heterocycles. The summed E-state index contributed by atoms with van der Waals surface area (Å²) in [5, 5.41) is 0. The molecule has 0 bridgehead atoms. The molecule has 2 heterocycles. The number of amides is 2. The van der Waals surface area contributed by atoms with E-state index in [0.29, 0.717) is 26.2 Å². The molecule has 0 N–H and O–H groups in total. The van der Waals surface area contributed by atoms with Crippen molar-refractivity contribution < 1.29 is 14.0 Å². The third kappa shape index (κ3) is 3.78. The summed E-state index contributed by atoms with van der Waals surface area (Å²) in [7, 11) is 0. The molecule has 5 nitrogen and oxygen atoms in total. The molecule has 2 fully saturated rings. The fraction of sp³-hybridized carbons (Fsp3) is 0.579. The third-order valence-electron chi connectivity index (χ3n) is 5.37. The lowest BCUT2D eigenvalue weighted by Gasteiger charge is -2.41. The topological polar surface area (TPSA) is 43.9 Å². The van der Waals surface area contributed by atoms with Crippen LogP contribution in [0.3, 0.4) is 0 Å². The Morgan fingerprint density at radius 2 is 1.48 bits per heavy atom. The van der Waals surface area contributed by atoms with Gasteiger partial charge in [0.15, 0.2) is 0 Å². The van der Waals surface area contributed by atoms with Crippen molar-refractivity contribution in [2.75, 3.05) is 31.1 Å². The number of carbonyl (C=O) groups is 2. The first kappa shape index (κ1) is 17.7. The summed E-state index contributed by atoms with van der Waals surface area (Å²) >= 11 is 0. The molecule has 25 heavy (non-hydrogen) atoms. The molecule has 2 aliphatic rings. The van der Waals surface area contributed by atoms with E-state index >= 15 is 0 Å². The minimum Gasteiger partial charge on any atom is -0.368 e. The number of rotatable bonds is 1. The summed E-state index contributed by atoms with van der Waals surface area (Å²) in [6, 6.07) is 6.62. The number of carbonyl (C=O) groups excluding carboxylic acids is 2. The highest BCUT2D eigenvalue weighted by Crippen LogP contribution is 2.23. The van der Waals surface area contributed by atoms with Crippen LogP contribution < -0.4 is 4.90 Å². The Labute approximate surface area is 148 Å². The lowest BCUT2D eigenvalue weighted by atomic mass is 9.97. The number of likely N-dealkylation sites (tertiary alicyclic amines) is 1. The third-order valence-corrected chi connectivity index (χ3v) is 5.37. The lowest BCUT2D eigenvalue weighted by molar-refractivity contribution is -0.155.